The van der Waals surface area contributed by atoms with Crippen molar-refractivity contribution in [2.24, 2.45) is 0 Å². The number of ether oxygens (including phenoxy) is 1. The molecule has 106 valence electrons. The summed E-state index contributed by atoms with van der Waals surface area (Å²) >= 11 is 0. The zero-order chi connectivity index (χ0) is 15.2. The average Bonchev–Trinajstić information content (AvgIpc) is 2.41. The third-order valence-corrected chi connectivity index (χ3v) is 3.24. The standard InChI is InChI=1S/C16H18O4/c1-4-6-11-16(14(17)18,15(19)20-5-2)13-10-8-7-9-12(13)3/h1,7-10H,5-6,11H2,2-3H3,(H,17,18). The quantitative estimate of drug-likeness (QED) is 0.491. The van der Waals surface area contributed by atoms with Gasteiger partial charge in [-0.15, -0.1) is 12.3 Å². The summed E-state index contributed by atoms with van der Waals surface area (Å²) in [4.78, 5) is 24.1. The molecule has 0 heterocycles. The van der Waals surface area contributed by atoms with Crippen molar-refractivity contribution in [3.8, 4) is 12.3 Å². The number of terminal acetylenes is 1. The average molecular weight is 274 g/mol. The molecule has 1 aromatic carbocycles. The Morgan fingerprint density at radius 3 is 2.55 bits per heavy atom. The van der Waals surface area contributed by atoms with Gasteiger partial charge in [0.1, 0.15) is 0 Å². The Kier molecular flexibility index (Phi) is 5.33. The number of carboxylic acids is 1. The number of esters is 1. The van der Waals surface area contributed by atoms with Crippen LogP contribution in [0, 0.1) is 19.3 Å². The molecule has 0 aliphatic heterocycles. The number of aliphatic carboxylic acids is 1. The van der Waals surface area contributed by atoms with Gasteiger partial charge in [-0.1, -0.05) is 24.3 Å². The zero-order valence-electron chi connectivity index (χ0n) is 11.7. The molecule has 0 radical (unpaired) electrons. The van der Waals surface area contributed by atoms with Gasteiger partial charge in [0, 0.05) is 6.42 Å². The van der Waals surface area contributed by atoms with E-state index < -0.39 is 17.4 Å². The fourth-order valence-corrected chi connectivity index (χ4v) is 2.22. The molecule has 0 saturated heterocycles. The molecule has 1 rings (SSSR count). The summed E-state index contributed by atoms with van der Waals surface area (Å²) in [5.41, 5.74) is -0.588. The minimum atomic E-state index is -1.74. The van der Waals surface area contributed by atoms with Gasteiger partial charge in [0.2, 0.25) is 0 Å². The molecule has 1 unspecified atom stereocenters. The van der Waals surface area contributed by atoms with E-state index in [9.17, 15) is 14.7 Å². The van der Waals surface area contributed by atoms with Crippen LogP contribution in [0.2, 0.25) is 0 Å². The van der Waals surface area contributed by atoms with Gasteiger partial charge in [-0.05, 0) is 31.4 Å². The van der Waals surface area contributed by atoms with Crippen molar-refractivity contribution >= 4 is 11.9 Å². The van der Waals surface area contributed by atoms with Crippen LogP contribution in [-0.4, -0.2) is 23.7 Å². The number of carbonyl (C=O) groups is 2. The highest BCUT2D eigenvalue weighted by molar-refractivity contribution is 6.05. The van der Waals surface area contributed by atoms with Crippen LogP contribution in [0.1, 0.15) is 30.9 Å². The van der Waals surface area contributed by atoms with Crippen LogP contribution in [0.4, 0.5) is 0 Å². The molecule has 0 bridgehead atoms. The molecular formula is C16H18O4. The number of hydrogen-bond acceptors (Lipinski definition) is 3. The van der Waals surface area contributed by atoms with Crippen LogP contribution < -0.4 is 0 Å². The Morgan fingerprint density at radius 1 is 1.40 bits per heavy atom. The van der Waals surface area contributed by atoms with Crippen LogP contribution in [0.15, 0.2) is 24.3 Å². The molecule has 1 atom stereocenters. The predicted molar refractivity (Wildman–Crippen MR) is 75.2 cm³/mol. The normalized spacial score (nSPS) is 13.1. The maximum Gasteiger partial charge on any atom is 0.328 e. The topological polar surface area (TPSA) is 63.6 Å². The number of aryl methyl sites for hydroxylation is 1. The number of rotatable bonds is 6. The van der Waals surface area contributed by atoms with Crippen LogP contribution >= 0.6 is 0 Å². The van der Waals surface area contributed by atoms with Gasteiger partial charge in [0.05, 0.1) is 6.61 Å². The molecule has 4 heteroatoms. The van der Waals surface area contributed by atoms with Crippen molar-refractivity contribution in [2.75, 3.05) is 6.61 Å². The second-order valence-electron chi connectivity index (χ2n) is 4.45. The molecule has 0 aromatic heterocycles. The molecule has 0 aliphatic rings. The van der Waals surface area contributed by atoms with Crippen molar-refractivity contribution in [3.63, 3.8) is 0 Å². The molecule has 0 fully saturated rings. The summed E-state index contributed by atoms with van der Waals surface area (Å²) < 4.78 is 4.99. The largest absolute Gasteiger partial charge is 0.480 e. The van der Waals surface area contributed by atoms with Crippen LogP contribution in [-0.2, 0) is 19.7 Å². The first-order valence-corrected chi connectivity index (χ1v) is 6.40. The fourth-order valence-electron chi connectivity index (χ4n) is 2.22. The Morgan fingerprint density at radius 2 is 2.05 bits per heavy atom. The summed E-state index contributed by atoms with van der Waals surface area (Å²) in [5.74, 6) is 0.391. The highest BCUT2D eigenvalue weighted by Gasteiger charge is 2.49. The van der Waals surface area contributed by atoms with Crippen molar-refractivity contribution in [1.29, 1.82) is 0 Å². The Bertz CT molecular complexity index is 542. The SMILES string of the molecule is C#CCCC(C(=O)O)(C(=O)OCC)c1ccccc1C. The highest BCUT2D eigenvalue weighted by atomic mass is 16.5. The molecular weight excluding hydrogens is 256 g/mol. The summed E-state index contributed by atoms with van der Waals surface area (Å²) in [6.45, 7) is 3.53. The molecule has 0 spiro atoms. The molecule has 1 N–H and O–H groups in total. The fraction of sp³-hybridized carbons (Fsp3) is 0.375. The number of carboxylic acid groups (broad SMARTS) is 1. The second-order valence-corrected chi connectivity index (χ2v) is 4.45. The Hall–Kier alpha value is -2.28. The number of benzene rings is 1. The third kappa shape index (κ3) is 2.83. The lowest BCUT2D eigenvalue weighted by Gasteiger charge is -2.28. The second kappa shape index (κ2) is 6.76. The van der Waals surface area contributed by atoms with Gasteiger partial charge in [-0.2, -0.15) is 0 Å². The van der Waals surface area contributed by atoms with Crippen molar-refractivity contribution in [3.05, 3.63) is 35.4 Å². The minimum absolute atomic E-state index is 0.0164. The van der Waals surface area contributed by atoms with Crippen LogP contribution in [0.5, 0.6) is 0 Å². The summed E-state index contributed by atoms with van der Waals surface area (Å²) in [7, 11) is 0. The first-order valence-electron chi connectivity index (χ1n) is 6.40. The van der Waals surface area contributed by atoms with Crippen LogP contribution in [0.25, 0.3) is 0 Å². The van der Waals surface area contributed by atoms with E-state index in [4.69, 9.17) is 11.2 Å². The van der Waals surface area contributed by atoms with E-state index in [0.29, 0.717) is 5.56 Å². The lowest BCUT2D eigenvalue weighted by molar-refractivity contribution is -0.162. The monoisotopic (exact) mass is 274 g/mol. The van der Waals surface area contributed by atoms with Gasteiger partial charge in [0.15, 0.2) is 5.41 Å². The Labute approximate surface area is 118 Å². The maximum atomic E-state index is 12.3. The first kappa shape index (κ1) is 15.8. The van der Waals surface area contributed by atoms with E-state index in [0.717, 1.165) is 5.56 Å². The molecule has 0 saturated carbocycles. The number of carbonyl (C=O) groups excluding carboxylic acids is 1. The van der Waals surface area contributed by atoms with E-state index in [-0.39, 0.29) is 19.4 Å². The van der Waals surface area contributed by atoms with Gasteiger partial charge in [-0.25, -0.2) is 0 Å². The Balaban J connectivity index is 3.45. The summed E-state index contributed by atoms with van der Waals surface area (Å²) in [6.07, 6.45) is 5.43. The lowest BCUT2D eigenvalue weighted by Crippen LogP contribution is -2.45. The molecule has 1 aromatic rings. The minimum Gasteiger partial charge on any atom is -0.480 e. The van der Waals surface area contributed by atoms with Gasteiger partial charge in [0.25, 0.3) is 0 Å². The highest BCUT2D eigenvalue weighted by Crippen LogP contribution is 2.33. The lowest BCUT2D eigenvalue weighted by atomic mass is 9.75. The van der Waals surface area contributed by atoms with Crippen molar-refractivity contribution in [2.45, 2.75) is 32.1 Å². The maximum absolute atomic E-state index is 12.3. The third-order valence-electron chi connectivity index (χ3n) is 3.24. The van der Waals surface area contributed by atoms with Crippen molar-refractivity contribution in [1.82, 2.24) is 0 Å². The summed E-state index contributed by atoms with van der Waals surface area (Å²) in [5, 5.41) is 9.66. The zero-order valence-corrected chi connectivity index (χ0v) is 11.7. The van der Waals surface area contributed by atoms with Crippen molar-refractivity contribution < 1.29 is 19.4 Å². The van der Waals surface area contributed by atoms with Crippen LogP contribution in [0.3, 0.4) is 0 Å². The molecule has 20 heavy (non-hydrogen) atoms. The van der Waals surface area contributed by atoms with E-state index in [1.165, 1.54) is 0 Å². The van der Waals surface area contributed by atoms with E-state index >= 15 is 0 Å². The molecule has 0 amide bonds. The van der Waals surface area contributed by atoms with E-state index in [1.54, 1.807) is 38.1 Å². The smallest absolute Gasteiger partial charge is 0.328 e. The van der Waals surface area contributed by atoms with Gasteiger partial charge in [-0.3, -0.25) is 9.59 Å². The van der Waals surface area contributed by atoms with Gasteiger partial charge < -0.3 is 9.84 Å². The molecule has 0 aliphatic carbocycles. The van der Waals surface area contributed by atoms with Gasteiger partial charge >= 0.3 is 11.9 Å². The number of hydrogen-bond donors (Lipinski definition) is 1. The molecule has 4 nitrogen and oxygen atoms in total. The predicted octanol–water partition coefficient (Wildman–Crippen LogP) is 2.29. The van der Waals surface area contributed by atoms with E-state index in [1.807, 2.05) is 0 Å². The van der Waals surface area contributed by atoms with E-state index in [2.05, 4.69) is 5.92 Å². The summed E-state index contributed by atoms with van der Waals surface area (Å²) in [6, 6.07) is 6.89. The first-order chi connectivity index (χ1) is 9.50.